The molecule has 0 bridgehead atoms. The van der Waals surface area contributed by atoms with Crippen LogP contribution in [0.15, 0.2) is 48.6 Å². The number of phosphoric acid groups is 1. The van der Waals surface area contributed by atoms with Gasteiger partial charge in [0.2, 0.25) is 0 Å². The molecule has 30 heavy (non-hydrogen) atoms. The monoisotopic (exact) mass is 437 g/mol. The van der Waals surface area contributed by atoms with E-state index in [1.165, 1.54) is 0 Å². The van der Waals surface area contributed by atoms with Gasteiger partial charge in [-0.05, 0) is 55.7 Å². The van der Waals surface area contributed by atoms with Crippen LogP contribution in [0, 0.1) is 5.92 Å². The van der Waals surface area contributed by atoms with Gasteiger partial charge in [-0.25, -0.2) is 4.57 Å². The van der Waals surface area contributed by atoms with Crippen molar-refractivity contribution in [2.45, 2.75) is 49.7 Å². The Morgan fingerprint density at radius 1 is 1.20 bits per heavy atom. The predicted octanol–water partition coefficient (Wildman–Crippen LogP) is 3.68. The maximum atomic E-state index is 10.9. The van der Waals surface area contributed by atoms with Crippen LogP contribution in [0.25, 0.3) is 0 Å². The van der Waals surface area contributed by atoms with Crippen LogP contribution in [0.5, 0.6) is 5.75 Å². The van der Waals surface area contributed by atoms with Crippen molar-refractivity contribution in [3.05, 3.63) is 54.1 Å². The molecule has 0 aliphatic heterocycles. The molecule has 0 spiro atoms. The highest BCUT2D eigenvalue weighted by molar-refractivity contribution is 7.46. The highest BCUT2D eigenvalue weighted by Crippen LogP contribution is 2.43. The van der Waals surface area contributed by atoms with Gasteiger partial charge < -0.3 is 25.0 Å². The Balaban J connectivity index is 1.42. The molecule has 0 saturated heterocycles. The fourth-order valence-corrected chi connectivity index (χ4v) is 4.70. The molecule has 2 aliphatic carbocycles. The Bertz CT molecular complexity index is 789. The van der Waals surface area contributed by atoms with Crippen LogP contribution in [0.1, 0.15) is 43.6 Å². The Kier molecular flexibility index (Phi) is 7.91. The smallest absolute Gasteiger partial charge is 0.469 e. The van der Waals surface area contributed by atoms with E-state index in [-0.39, 0.29) is 18.6 Å². The Hall–Kier alpha value is -1.47. The standard InChI is InChI=1S/C22H32NO6P/c1-27-21-7-3-2-5-18(21)6-4-14-28-20-10-8-17(9-11-20)19-12-13-22(23,15-19)16-29-30(24,25)26/h2-3,5,7-11,18-19,21H,4,6,12-16,23H2,1H3,(H2,24,25,26)/t18?,19-,21?,22-/m1/s1. The van der Waals surface area contributed by atoms with Crippen molar-refractivity contribution in [3.63, 3.8) is 0 Å². The molecule has 3 rings (SSSR count). The molecule has 0 amide bonds. The molecule has 1 fully saturated rings. The summed E-state index contributed by atoms with van der Waals surface area (Å²) in [6.45, 7) is 0.518. The first-order valence-electron chi connectivity index (χ1n) is 10.4. The lowest BCUT2D eigenvalue weighted by Gasteiger charge is -2.24. The second-order valence-corrected chi connectivity index (χ2v) is 9.50. The minimum absolute atomic E-state index is 0.134. The zero-order chi connectivity index (χ0) is 21.6. The summed E-state index contributed by atoms with van der Waals surface area (Å²) in [7, 11) is -2.76. The van der Waals surface area contributed by atoms with Gasteiger partial charge in [0, 0.05) is 18.6 Å². The molecule has 2 aliphatic rings. The second kappa shape index (κ2) is 10.2. The molecule has 1 saturated carbocycles. The van der Waals surface area contributed by atoms with Gasteiger partial charge in [0.05, 0.1) is 19.3 Å². The zero-order valence-corrected chi connectivity index (χ0v) is 18.2. The largest absolute Gasteiger partial charge is 0.494 e. The number of benzene rings is 1. The molecule has 0 radical (unpaired) electrons. The van der Waals surface area contributed by atoms with Gasteiger partial charge in [0.15, 0.2) is 0 Å². The number of nitrogens with two attached hydrogens (primary N) is 1. The second-order valence-electron chi connectivity index (χ2n) is 8.26. The van der Waals surface area contributed by atoms with E-state index in [0.29, 0.717) is 25.4 Å². The highest BCUT2D eigenvalue weighted by Gasteiger charge is 2.38. The van der Waals surface area contributed by atoms with Crippen molar-refractivity contribution >= 4 is 7.82 Å². The fourth-order valence-electron chi connectivity index (χ4n) is 4.28. The van der Waals surface area contributed by atoms with E-state index in [1.807, 2.05) is 30.3 Å². The van der Waals surface area contributed by atoms with Crippen molar-refractivity contribution in [3.8, 4) is 5.75 Å². The lowest BCUT2D eigenvalue weighted by molar-refractivity contribution is 0.0995. The predicted molar refractivity (Wildman–Crippen MR) is 115 cm³/mol. The number of hydrogen-bond donors (Lipinski definition) is 3. The van der Waals surface area contributed by atoms with Crippen LogP contribution < -0.4 is 10.5 Å². The molecule has 166 valence electrons. The Morgan fingerprint density at radius 3 is 2.63 bits per heavy atom. The van der Waals surface area contributed by atoms with Gasteiger partial charge in [0.1, 0.15) is 5.75 Å². The van der Waals surface area contributed by atoms with Crippen LogP contribution in [0.2, 0.25) is 0 Å². The zero-order valence-electron chi connectivity index (χ0n) is 17.4. The molecule has 7 nitrogen and oxygen atoms in total. The first kappa shape index (κ1) is 23.2. The van der Waals surface area contributed by atoms with Crippen molar-refractivity contribution in [2.75, 3.05) is 20.3 Å². The third-order valence-corrected chi connectivity index (χ3v) is 6.40. The van der Waals surface area contributed by atoms with E-state index in [1.54, 1.807) is 7.11 Å². The van der Waals surface area contributed by atoms with E-state index in [9.17, 15) is 4.57 Å². The van der Waals surface area contributed by atoms with Crippen LogP contribution in [-0.2, 0) is 13.8 Å². The van der Waals surface area contributed by atoms with E-state index in [4.69, 9.17) is 25.0 Å². The van der Waals surface area contributed by atoms with Gasteiger partial charge in [-0.3, -0.25) is 4.52 Å². The molecule has 0 aromatic heterocycles. The maximum absolute atomic E-state index is 10.9. The molecule has 8 heteroatoms. The summed E-state index contributed by atoms with van der Waals surface area (Å²) < 4.78 is 27.0. The number of rotatable bonds is 10. The topological polar surface area (TPSA) is 111 Å². The minimum atomic E-state index is -4.50. The van der Waals surface area contributed by atoms with E-state index in [0.717, 1.165) is 30.6 Å². The lowest BCUT2D eigenvalue weighted by Crippen LogP contribution is -2.41. The molecule has 2 unspecified atom stereocenters. The molecular formula is C22H32NO6P. The average Bonchev–Trinajstić information content (AvgIpc) is 3.13. The molecular weight excluding hydrogens is 405 g/mol. The van der Waals surface area contributed by atoms with Crippen molar-refractivity contribution < 1.29 is 28.3 Å². The van der Waals surface area contributed by atoms with Crippen molar-refractivity contribution in [1.82, 2.24) is 0 Å². The summed E-state index contributed by atoms with van der Waals surface area (Å²) in [4.78, 5) is 17.8. The van der Waals surface area contributed by atoms with Gasteiger partial charge in [-0.15, -0.1) is 0 Å². The summed E-state index contributed by atoms with van der Waals surface area (Å²) >= 11 is 0. The quantitative estimate of drug-likeness (QED) is 0.378. The first-order chi connectivity index (χ1) is 14.3. The molecule has 4 atom stereocenters. The lowest BCUT2D eigenvalue weighted by atomic mass is 9.93. The maximum Gasteiger partial charge on any atom is 0.469 e. The molecule has 0 heterocycles. The summed E-state index contributed by atoms with van der Waals surface area (Å²) in [5.41, 5.74) is 6.73. The fraction of sp³-hybridized carbons (Fsp3) is 0.545. The van der Waals surface area contributed by atoms with E-state index < -0.39 is 13.4 Å². The highest BCUT2D eigenvalue weighted by atomic mass is 31.2. The van der Waals surface area contributed by atoms with Gasteiger partial charge in [0.25, 0.3) is 0 Å². The summed E-state index contributed by atoms with van der Waals surface area (Å²) in [6, 6.07) is 8.04. The Morgan fingerprint density at radius 2 is 1.93 bits per heavy atom. The number of ether oxygens (including phenoxy) is 2. The SMILES string of the molecule is COC1C=CC=CC1CCCOc1ccc([C@@H]2CC[C@](N)(COP(=O)(O)O)C2)cc1. The normalized spacial score (nSPS) is 28.7. The summed E-state index contributed by atoms with van der Waals surface area (Å²) in [5, 5.41) is 0. The number of hydrogen-bond acceptors (Lipinski definition) is 5. The Labute approximate surface area is 178 Å². The van der Waals surface area contributed by atoms with Crippen molar-refractivity contribution in [1.29, 1.82) is 0 Å². The van der Waals surface area contributed by atoms with Crippen LogP contribution in [0.3, 0.4) is 0 Å². The molecule has 1 aromatic carbocycles. The van der Waals surface area contributed by atoms with Crippen LogP contribution in [-0.4, -0.2) is 41.8 Å². The van der Waals surface area contributed by atoms with E-state index >= 15 is 0 Å². The number of allylic oxidation sites excluding steroid dienone is 2. The van der Waals surface area contributed by atoms with Gasteiger partial charge >= 0.3 is 7.82 Å². The third kappa shape index (κ3) is 6.77. The minimum Gasteiger partial charge on any atom is -0.494 e. The van der Waals surface area contributed by atoms with Gasteiger partial charge in [-0.1, -0.05) is 36.4 Å². The molecule has 4 N–H and O–H groups in total. The first-order valence-corrected chi connectivity index (χ1v) is 11.9. The summed E-state index contributed by atoms with van der Waals surface area (Å²) in [6.07, 6.45) is 12.6. The van der Waals surface area contributed by atoms with Crippen LogP contribution in [0.4, 0.5) is 0 Å². The number of phosphoric ester groups is 1. The number of methoxy groups -OCH3 is 1. The van der Waals surface area contributed by atoms with Gasteiger partial charge in [-0.2, -0.15) is 0 Å². The van der Waals surface area contributed by atoms with E-state index in [2.05, 4.69) is 22.8 Å². The third-order valence-electron chi connectivity index (χ3n) is 5.93. The molecule has 1 aromatic rings. The average molecular weight is 437 g/mol. The van der Waals surface area contributed by atoms with Crippen molar-refractivity contribution in [2.24, 2.45) is 11.7 Å². The summed E-state index contributed by atoms with van der Waals surface area (Å²) in [5.74, 6) is 1.48. The van der Waals surface area contributed by atoms with Crippen LogP contribution >= 0.6 is 7.82 Å².